The largest absolute Gasteiger partial charge is 0.465 e. The lowest BCUT2D eigenvalue weighted by Crippen LogP contribution is -2.45. The molecule has 1 aromatic heterocycles. The predicted octanol–water partition coefficient (Wildman–Crippen LogP) is 6.43. The average Bonchev–Trinajstić information content (AvgIpc) is 3.42. The zero-order valence-electron chi connectivity index (χ0n) is 23.0. The molecule has 0 saturated carbocycles. The molecular formula is C31H24F3N7O2. The first-order valence-electron chi connectivity index (χ1n) is 13.1. The lowest BCUT2D eigenvalue weighted by atomic mass is 9.92. The molecule has 0 aliphatic carbocycles. The number of carbonyl (C=O) groups is 1. The summed E-state index contributed by atoms with van der Waals surface area (Å²) in [6.07, 6.45) is -5.78. The van der Waals surface area contributed by atoms with Crippen LogP contribution >= 0.6 is 0 Å². The van der Waals surface area contributed by atoms with E-state index in [0.29, 0.717) is 16.8 Å². The normalized spacial score (nSPS) is 16.1. The molecule has 43 heavy (non-hydrogen) atoms. The molecule has 2 atom stereocenters. The summed E-state index contributed by atoms with van der Waals surface area (Å²) in [7, 11) is 0. The van der Waals surface area contributed by atoms with Gasteiger partial charge in [-0.15, -0.1) is 0 Å². The van der Waals surface area contributed by atoms with Crippen LogP contribution in [0.2, 0.25) is 0 Å². The number of carboxylic acid groups (broad SMARTS) is 1. The quantitative estimate of drug-likeness (QED) is 0.267. The summed E-state index contributed by atoms with van der Waals surface area (Å²) in [6.45, 7) is 3.22. The van der Waals surface area contributed by atoms with E-state index in [0.717, 1.165) is 17.7 Å². The Morgan fingerprint density at radius 3 is 2.33 bits per heavy atom. The SMILES string of the molecule is CC1=C(C#N)[C@@H](c2ccc(C#N)cc2)n2nc(C(C)(Cc3ccccc3)NC(=O)O)nc2N1c1cccc(C(F)(F)F)c1. The van der Waals surface area contributed by atoms with Crippen LogP contribution in [0.5, 0.6) is 0 Å². The Morgan fingerprint density at radius 1 is 1.02 bits per heavy atom. The van der Waals surface area contributed by atoms with E-state index in [9.17, 15) is 33.6 Å². The number of nitrogens with one attached hydrogen (secondary N) is 1. The molecule has 5 rings (SSSR count). The van der Waals surface area contributed by atoms with Crippen LogP contribution < -0.4 is 10.2 Å². The Morgan fingerprint density at radius 2 is 1.72 bits per heavy atom. The highest BCUT2D eigenvalue weighted by molar-refractivity contribution is 5.69. The molecule has 0 spiro atoms. The molecule has 1 aliphatic rings. The molecule has 2 heterocycles. The van der Waals surface area contributed by atoms with Crippen molar-refractivity contribution in [3.8, 4) is 12.1 Å². The summed E-state index contributed by atoms with van der Waals surface area (Å²) in [5, 5.41) is 36.6. The van der Waals surface area contributed by atoms with Gasteiger partial charge in [0.15, 0.2) is 5.82 Å². The van der Waals surface area contributed by atoms with Gasteiger partial charge in [-0.05, 0) is 55.3 Å². The maximum atomic E-state index is 13.7. The molecule has 1 aliphatic heterocycles. The van der Waals surface area contributed by atoms with E-state index >= 15 is 0 Å². The number of allylic oxidation sites excluding steroid dienone is 2. The molecule has 0 fully saturated rings. The van der Waals surface area contributed by atoms with Crippen LogP contribution in [-0.4, -0.2) is 26.0 Å². The fourth-order valence-corrected chi connectivity index (χ4v) is 5.20. The van der Waals surface area contributed by atoms with Crippen LogP contribution in [0.3, 0.4) is 0 Å². The second kappa shape index (κ2) is 11.0. The Balaban J connectivity index is 1.75. The molecule has 1 amide bonds. The first-order chi connectivity index (χ1) is 20.4. The zero-order valence-corrected chi connectivity index (χ0v) is 23.0. The Labute approximate surface area is 244 Å². The summed E-state index contributed by atoms with van der Waals surface area (Å²) in [5.74, 6) is 0.142. The fraction of sp³-hybridized carbons (Fsp3) is 0.194. The second-order valence-corrected chi connectivity index (χ2v) is 10.2. The Bertz CT molecular complexity index is 1800. The Hall–Kier alpha value is -5.62. The summed E-state index contributed by atoms with van der Waals surface area (Å²) < 4.78 is 42.5. The van der Waals surface area contributed by atoms with Gasteiger partial charge in [0.05, 0.1) is 28.8 Å². The number of halogens is 3. The molecule has 0 bridgehead atoms. The van der Waals surface area contributed by atoms with Gasteiger partial charge in [0.25, 0.3) is 0 Å². The minimum absolute atomic E-state index is 0.0522. The molecule has 1 unspecified atom stereocenters. The summed E-state index contributed by atoms with van der Waals surface area (Å²) in [5.41, 5.74) is 0.0926. The van der Waals surface area contributed by atoms with Gasteiger partial charge < -0.3 is 10.4 Å². The molecule has 4 aromatic rings. The standard InChI is InChI=1S/C31H24F3N7O2/c1-19-25(18-36)26(22-13-11-21(17-35)12-14-22)41-28(40(19)24-10-6-9-23(15-24)31(32,33)34)37-27(39-41)30(2,38-29(42)43)16-20-7-4-3-5-8-20/h3-15,26,38H,16H2,1-2H3,(H,42,43)/t26-,30?/m1/s1. The van der Waals surface area contributed by atoms with E-state index in [2.05, 4.69) is 11.4 Å². The number of anilines is 2. The third-order valence-corrected chi connectivity index (χ3v) is 7.24. The summed E-state index contributed by atoms with van der Waals surface area (Å²) >= 11 is 0. The van der Waals surface area contributed by atoms with Crippen molar-refractivity contribution in [1.82, 2.24) is 20.1 Å². The molecule has 216 valence electrons. The zero-order chi connectivity index (χ0) is 30.9. The van der Waals surface area contributed by atoms with E-state index in [-0.39, 0.29) is 29.5 Å². The number of amides is 1. The van der Waals surface area contributed by atoms with Crippen LogP contribution in [0.4, 0.5) is 29.6 Å². The molecule has 0 radical (unpaired) electrons. The maximum Gasteiger partial charge on any atom is 0.416 e. The van der Waals surface area contributed by atoms with Crippen molar-refractivity contribution >= 4 is 17.7 Å². The van der Waals surface area contributed by atoms with Gasteiger partial charge >= 0.3 is 12.3 Å². The third-order valence-electron chi connectivity index (χ3n) is 7.24. The number of nitrogens with zero attached hydrogens (tertiary/aromatic N) is 6. The number of aromatic nitrogens is 3. The first kappa shape index (κ1) is 28.9. The first-order valence-corrected chi connectivity index (χ1v) is 13.1. The van der Waals surface area contributed by atoms with Crippen molar-refractivity contribution in [3.05, 3.63) is 118 Å². The van der Waals surface area contributed by atoms with Gasteiger partial charge in [-0.1, -0.05) is 48.5 Å². The van der Waals surface area contributed by atoms with Crippen molar-refractivity contribution in [2.24, 2.45) is 0 Å². The molecule has 3 aromatic carbocycles. The number of nitriles is 2. The minimum atomic E-state index is -4.62. The highest BCUT2D eigenvalue weighted by atomic mass is 19.4. The predicted molar refractivity (Wildman–Crippen MR) is 150 cm³/mol. The number of rotatable bonds is 6. The van der Waals surface area contributed by atoms with Crippen molar-refractivity contribution in [3.63, 3.8) is 0 Å². The highest BCUT2D eigenvalue weighted by Gasteiger charge is 2.41. The van der Waals surface area contributed by atoms with Crippen LogP contribution in [0, 0.1) is 22.7 Å². The Kier molecular flexibility index (Phi) is 7.38. The van der Waals surface area contributed by atoms with Gasteiger partial charge in [-0.25, -0.2) is 9.48 Å². The molecule has 2 N–H and O–H groups in total. The van der Waals surface area contributed by atoms with Gasteiger partial charge in [0.1, 0.15) is 11.6 Å². The van der Waals surface area contributed by atoms with E-state index in [1.807, 2.05) is 36.4 Å². The topological polar surface area (TPSA) is 131 Å². The number of benzene rings is 3. The van der Waals surface area contributed by atoms with Gasteiger partial charge in [-0.3, -0.25) is 4.90 Å². The third kappa shape index (κ3) is 5.51. The van der Waals surface area contributed by atoms with Gasteiger partial charge in [-0.2, -0.15) is 33.8 Å². The lowest BCUT2D eigenvalue weighted by molar-refractivity contribution is -0.137. The van der Waals surface area contributed by atoms with Crippen molar-refractivity contribution < 1.29 is 23.1 Å². The van der Waals surface area contributed by atoms with Crippen molar-refractivity contribution in [2.45, 2.75) is 38.0 Å². The summed E-state index contributed by atoms with van der Waals surface area (Å²) in [6, 6.07) is 23.6. The monoisotopic (exact) mass is 583 g/mol. The van der Waals surface area contributed by atoms with Crippen LogP contribution in [0.1, 0.15) is 48.0 Å². The lowest BCUT2D eigenvalue weighted by Gasteiger charge is -2.34. The van der Waals surface area contributed by atoms with E-state index < -0.39 is 29.4 Å². The molecule has 9 nitrogen and oxygen atoms in total. The average molecular weight is 584 g/mol. The number of alkyl halides is 3. The molecular weight excluding hydrogens is 559 g/mol. The maximum absolute atomic E-state index is 13.7. The van der Waals surface area contributed by atoms with E-state index in [4.69, 9.17) is 10.1 Å². The fourth-order valence-electron chi connectivity index (χ4n) is 5.20. The van der Waals surface area contributed by atoms with Crippen LogP contribution in [0.15, 0.2) is 90.1 Å². The van der Waals surface area contributed by atoms with Crippen LogP contribution in [-0.2, 0) is 18.1 Å². The highest BCUT2D eigenvalue weighted by Crippen LogP contribution is 2.44. The van der Waals surface area contributed by atoms with Crippen LogP contribution in [0.25, 0.3) is 0 Å². The molecule has 0 saturated heterocycles. The molecule has 12 heteroatoms. The van der Waals surface area contributed by atoms with Crippen molar-refractivity contribution in [1.29, 1.82) is 10.5 Å². The van der Waals surface area contributed by atoms with Crippen molar-refractivity contribution in [2.75, 3.05) is 4.90 Å². The van der Waals surface area contributed by atoms with E-state index in [1.54, 1.807) is 38.1 Å². The number of hydrogen-bond acceptors (Lipinski definition) is 6. The minimum Gasteiger partial charge on any atom is -0.465 e. The summed E-state index contributed by atoms with van der Waals surface area (Å²) in [4.78, 5) is 18.1. The number of hydrogen-bond donors (Lipinski definition) is 2. The second-order valence-electron chi connectivity index (χ2n) is 10.2. The van der Waals surface area contributed by atoms with Gasteiger partial charge in [0, 0.05) is 17.8 Å². The number of fused-ring (bicyclic) bond motifs is 1. The smallest absolute Gasteiger partial charge is 0.416 e. The van der Waals surface area contributed by atoms with Gasteiger partial charge in [0.2, 0.25) is 5.95 Å². The van der Waals surface area contributed by atoms with E-state index in [1.165, 1.54) is 21.7 Å².